The molecule has 1 spiro atoms. The molecule has 3 aromatic carbocycles. The Kier molecular flexibility index (Phi) is 11.6. The van der Waals surface area contributed by atoms with Gasteiger partial charge in [0, 0.05) is 87.0 Å². The number of sulfonamides is 1. The quantitative estimate of drug-likeness (QED) is 0.128. The minimum absolute atomic E-state index is 0.0955. The summed E-state index contributed by atoms with van der Waals surface area (Å²) in [7, 11) is 2.51. The Morgan fingerprint density at radius 2 is 1.39 bits per heavy atom. The van der Waals surface area contributed by atoms with Gasteiger partial charge in [-0.3, -0.25) is 0 Å². The first-order valence-electron chi connectivity index (χ1n) is 16.6. The Labute approximate surface area is 292 Å². The summed E-state index contributed by atoms with van der Waals surface area (Å²) in [4.78, 5) is 4.27. The Hall–Kier alpha value is -3.27. The third-order valence-corrected chi connectivity index (χ3v) is 12.8. The molecular formula is C36H48N5O6PS. The average molecular weight is 710 g/mol. The van der Waals surface area contributed by atoms with Crippen molar-refractivity contribution in [3.05, 3.63) is 77.4 Å². The number of fused-ring (bicyclic) bond motifs is 6. The molecule has 0 fully saturated rings. The third-order valence-electron chi connectivity index (χ3n) is 8.71. The molecule has 0 amide bonds. The van der Waals surface area contributed by atoms with Gasteiger partial charge in [-0.15, -0.1) is 0 Å². The summed E-state index contributed by atoms with van der Waals surface area (Å²) < 4.78 is 57.6. The van der Waals surface area contributed by atoms with Crippen LogP contribution in [0.1, 0.15) is 50.8 Å². The predicted molar refractivity (Wildman–Crippen MR) is 194 cm³/mol. The van der Waals surface area contributed by atoms with E-state index < -0.39 is 24.1 Å². The van der Waals surface area contributed by atoms with Crippen LogP contribution >= 0.6 is 8.53 Å². The van der Waals surface area contributed by atoms with Gasteiger partial charge < -0.3 is 28.3 Å². The first-order chi connectivity index (χ1) is 23.3. The first-order valence-corrected chi connectivity index (χ1v) is 19.2. The molecule has 49 heavy (non-hydrogen) atoms. The molecule has 0 saturated heterocycles. The summed E-state index contributed by atoms with van der Waals surface area (Å²) in [5, 5.41) is 9.01. The summed E-state index contributed by atoms with van der Waals surface area (Å²) in [6, 6.07) is 21.6. The van der Waals surface area contributed by atoms with Crippen LogP contribution in [-0.2, 0) is 29.3 Å². The SMILES string of the molecule is CC(C)N(C(C)C)P(OCCC#N)OCCOCCN1C2(c3ccc(N(C)C)cc3Oc3cc(N(C)C)ccc32)c2ccccc2S1(=O)=O. The summed E-state index contributed by atoms with van der Waals surface area (Å²) in [6.07, 6.45) is 0.279. The van der Waals surface area contributed by atoms with E-state index in [1.165, 1.54) is 0 Å². The van der Waals surface area contributed by atoms with Crippen molar-refractivity contribution in [3.63, 3.8) is 0 Å². The highest BCUT2D eigenvalue weighted by Crippen LogP contribution is 2.60. The fourth-order valence-corrected chi connectivity index (χ4v) is 10.1. The normalized spacial score (nSPS) is 16.3. The maximum absolute atomic E-state index is 14.5. The lowest BCUT2D eigenvalue weighted by Crippen LogP contribution is -2.48. The van der Waals surface area contributed by atoms with Gasteiger partial charge in [0.15, 0.2) is 0 Å². The van der Waals surface area contributed by atoms with Crippen LogP contribution in [0.15, 0.2) is 65.6 Å². The van der Waals surface area contributed by atoms with Crippen LogP contribution in [0.5, 0.6) is 11.5 Å². The number of ether oxygens (including phenoxy) is 2. The van der Waals surface area contributed by atoms with Gasteiger partial charge in [0.25, 0.3) is 8.53 Å². The Morgan fingerprint density at radius 1 is 0.816 bits per heavy atom. The molecule has 0 radical (unpaired) electrons. The third kappa shape index (κ3) is 7.04. The number of anilines is 2. The smallest absolute Gasteiger partial charge is 0.259 e. The number of benzene rings is 3. The zero-order chi connectivity index (χ0) is 35.5. The lowest BCUT2D eigenvalue weighted by Gasteiger charge is -2.43. The van der Waals surface area contributed by atoms with Crippen LogP contribution < -0.4 is 14.5 Å². The molecule has 3 aromatic rings. The van der Waals surface area contributed by atoms with E-state index >= 15 is 0 Å². The summed E-state index contributed by atoms with van der Waals surface area (Å²) in [6.45, 7) is 9.36. The monoisotopic (exact) mass is 709 g/mol. The zero-order valence-electron chi connectivity index (χ0n) is 29.7. The number of rotatable bonds is 15. The van der Waals surface area contributed by atoms with Gasteiger partial charge in [0.1, 0.15) is 17.0 Å². The zero-order valence-corrected chi connectivity index (χ0v) is 31.4. The van der Waals surface area contributed by atoms with Gasteiger partial charge in [0.2, 0.25) is 10.0 Å². The predicted octanol–water partition coefficient (Wildman–Crippen LogP) is 6.53. The lowest BCUT2D eigenvalue weighted by molar-refractivity contribution is 0.0755. The van der Waals surface area contributed by atoms with Crippen LogP contribution in [0.3, 0.4) is 0 Å². The molecule has 264 valence electrons. The topological polar surface area (TPSA) is 108 Å². The standard InChI is InChI=1S/C36H48N5O6PS/c1-26(2)41(27(3)4)48(45-20-11-18-37)46-23-22-44-21-19-40-36(32-12-9-10-13-35(32)49(40,42)43)30-16-14-28(38(5)6)24-33(30)47-34-25-29(39(7)8)15-17-31(34)36/h9-10,12-17,24-27H,11,19-23H2,1-8H3. The van der Waals surface area contributed by atoms with E-state index in [1.807, 2.05) is 86.5 Å². The molecule has 0 aliphatic carbocycles. The number of nitrogens with zero attached hydrogens (tertiary/aromatic N) is 5. The van der Waals surface area contributed by atoms with Crippen molar-refractivity contribution >= 4 is 29.9 Å². The van der Waals surface area contributed by atoms with Crippen LogP contribution in [0.25, 0.3) is 0 Å². The summed E-state index contributed by atoms with van der Waals surface area (Å²) >= 11 is 0. The minimum Gasteiger partial charge on any atom is -0.456 e. The molecular weight excluding hydrogens is 661 g/mol. The molecule has 2 aliphatic heterocycles. The van der Waals surface area contributed by atoms with E-state index in [-0.39, 0.29) is 56.4 Å². The second kappa shape index (κ2) is 15.3. The fraction of sp³-hybridized carbons (Fsp3) is 0.472. The van der Waals surface area contributed by atoms with E-state index in [0.717, 1.165) is 22.5 Å². The maximum atomic E-state index is 14.5. The van der Waals surface area contributed by atoms with Gasteiger partial charge in [-0.2, -0.15) is 9.57 Å². The van der Waals surface area contributed by atoms with E-state index in [4.69, 9.17) is 23.8 Å². The van der Waals surface area contributed by atoms with Crippen molar-refractivity contribution in [2.75, 3.05) is 71.0 Å². The van der Waals surface area contributed by atoms with Crippen molar-refractivity contribution in [2.45, 2.75) is 56.6 Å². The molecule has 11 nitrogen and oxygen atoms in total. The van der Waals surface area contributed by atoms with E-state index in [1.54, 1.807) is 16.4 Å². The number of hydrogen-bond donors (Lipinski definition) is 0. The Balaban J connectivity index is 1.46. The molecule has 13 heteroatoms. The van der Waals surface area contributed by atoms with Crippen molar-refractivity contribution in [2.24, 2.45) is 0 Å². The van der Waals surface area contributed by atoms with Gasteiger partial charge in [-0.05, 0) is 45.9 Å². The van der Waals surface area contributed by atoms with Gasteiger partial charge in [0.05, 0.1) is 43.8 Å². The van der Waals surface area contributed by atoms with Gasteiger partial charge >= 0.3 is 0 Å². The van der Waals surface area contributed by atoms with E-state index in [2.05, 4.69) is 38.4 Å². The van der Waals surface area contributed by atoms with Crippen molar-refractivity contribution in [1.29, 1.82) is 5.26 Å². The second-order valence-corrected chi connectivity index (χ2v) is 16.3. The second-order valence-electron chi connectivity index (χ2n) is 13.0. The fourth-order valence-electron chi connectivity index (χ4n) is 6.62. The van der Waals surface area contributed by atoms with Crippen molar-refractivity contribution in [3.8, 4) is 17.6 Å². The first kappa shape index (κ1) is 37.0. The molecule has 2 heterocycles. The average Bonchev–Trinajstić information content (AvgIpc) is 3.25. The number of hydrogen-bond acceptors (Lipinski definition) is 10. The molecule has 1 unspecified atom stereocenters. The lowest BCUT2D eigenvalue weighted by atomic mass is 9.74. The van der Waals surface area contributed by atoms with Gasteiger partial charge in [-0.1, -0.05) is 30.3 Å². The molecule has 0 bridgehead atoms. The van der Waals surface area contributed by atoms with Crippen LogP contribution in [0, 0.1) is 11.3 Å². The molecule has 5 rings (SSSR count). The molecule has 0 saturated carbocycles. The summed E-state index contributed by atoms with van der Waals surface area (Å²) in [5.74, 6) is 1.20. The molecule has 0 N–H and O–H groups in total. The minimum atomic E-state index is -3.95. The highest BCUT2D eigenvalue weighted by atomic mass is 32.2. The Morgan fingerprint density at radius 3 is 1.94 bits per heavy atom. The molecule has 1 atom stereocenters. The largest absolute Gasteiger partial charge is 0.456 e. The molecule has 2 aliphatic rings. The van der Waals surface area contributed by atoms with Gasteiger partial charge in [-0.25, -0.2) is 13.1 Å². The Bertz CT molecular complexity index is 1710. The van der Waals surface area contributed by atoms with Crippen molar-refractivity contribution < 1.29 is 26.9 Å². The van der Waals surface area contributed by atoms with Crippen LogP contribution in [0.2, 0.25) is 0 Å². The number of nitriles is 1. The van der Waals surface area contributed by atoms with Crippen LogP contribution in [-0.4, -0.2) is 90.6 Å². The summed E-state index contributed by atoms with van der Waals surface area (Å²) in [5.41, 5.74) is 2.89. The van der Waals surface area contributed by atoms with Crippen molar-refractivity contribution in [1.82, 2.24) is 8.98 Å². The molecule has 0 aromatic heterocycles. The highest BCUT2D eigenvalue weighted by molar-refractivity contribution is 7.89. The van der Waals surface area contributed by atoms with E-state index in [0.29, 0.717) is 17.1 Å². The van der Waals surface area contributed by atoms with Crippen LogP contribution in [0.4, 0.5) is 11.4 Å². The highest BCUT2D eigenvalue weighted by Gasteiger charge is 2.59. The maximum Gasteiger partial charge on any atom is 0.259 e. The van der Waals surface area contributed by atoms with E-state index in [9.17, 15) is 8.42 Å².